The predicted octanol–water partition coefficient (Wildman–Crippen LogP) is 2.77. The number of hydrogen-bond acceptors (Lipinski definition) is 4. The van der Waals surface area contributed by atoms with Crippen LogP contribution in [0.25, 0.3) is 0 Å². The number of rotatable bonds is 4. The molecule has 0 bridgehead atoms. The molecule has 0 saturated carbocycles. The molecule has 0 aliphatic carbocycles. The van der Waals surface area contributed by atoms with Crippen LogP contribution in [0.3, 0.4) is 0 Å². The van der Waals surface area contributed by atoms with Crippen LogP contribution in [0.5, 0.6) is 5.75 Å². The number of methoxy groups -OCH3 is 1. The van der Waals surface area contributed by atoms with Gasteiger partial charge in [0, 0.05) is 37.0 Å². The molecule has 25 heavy (non-hydrogen) atoms. The molecular weight excluding hydrogens is 328 g/mol. The van der Waals surface area contributed by atoms with Gasteiger partial charge in [0.05, 0.1) is 13.3 Å². The van der Waals surface area contributed by atoms with Gasteiger partial charge in [0.15, 0.2) is 11.5 Å². The highest BCUT2D eigenvalue weighted by atomic mass is 19.1. The van der Waals surface area contributed by atoms with Crippen molar-refractivity contribution in [2.24, 2.45) is 0 Å². The van der Waals surface area contributed by atoms with Crippen molar-refractivity contribution >= 4 is 11.6 Å². The summed E-state index contributed by atoms with van der Waals surface area (Å²) in [4.78, 5) is 17.9. The van der Waals surface area contributed by atoms with Crippen LogP contribution in [-0.4, -0.2) is 37.1 Å². The summed E-state index contributed by atoms with van der Waals surface area (Å²) < 4.78 is 31.9. The van der Waals surface area contributed by atoms with Gasteiger partial charge in [-0.2, -0.15) is 0 Å². The van der Waals surface area contributed by atoms with Crippen molar-refractivity contribution in [3.63, 3.8) is 0 Å². The van der Waals surface area contributed by atoms with E-state index in [9.17, 15) is 13.6 Å². The van der Waals surface area contributed by atoms with E-state index in [2.05, 4.69) is 15.2 Å². The first-order chi connectivity index (χ1) is 12.1. The minimum Gasteiger partial charge on any atom is -0.497 e. The van der Waals surface area contributed by atoms with Crippen molar-refractivity contribution in [2.45, 2.75) is 18.9 Å². The Labute approximate surface area is 144 Å². The van der Waals surface area contributed by atoms with Gasteiger partial charge in [-0.05, 0) is 25.0 Å². The SMILES string of the molecule is COc1cccc(N2CCC[C@H](NC(=O)c3ncc(F)cc3F)C2)c1. The average molecular weight is 347 g/mol. The number of hydrogen-bond donors (Lipinski definition) is 1. The highest BCUT2D eigenvalue weighted by Gasteiger charge is 2.24. The lowest BCUT2D eigenvalue weighted by atomic mass is 10.0. The van der Waals surface area contributed by atoms with Crippen molar-refractivity contribution in [1.29, 1.82) is 0 Å². The Kier molecular flexibility index (Phi) is 5.11. The summed E-state index contributed by atoms with van der Waals surface area (Å²) in [6.45, 7) is 1.46. The maximum Gasteiger partial charge on any atom is 0.273 e. The zero-order chi connectivity index (χ0) is 17.8. The lowest BCUT2D eigenvalue weighted by molar-refractivity contribution is 0.0923. The zero-order valence-corrected chi connectivity index (χ0v) is 13.8. The van der Waals surface area contributed by atoms with Crippen LogP contribution in [0.2, 0.25) is 0 Å². The number of pyridine rings is 1. The van der Waals surface area contributed by atoms with Crippen molar-refractivity contribution < 1.29 is 18.3 Å². The van der Waals surface area contributed by atoms with E-state index in [1.54, 1.807) is 7.11 Å². The van der Waals surface area contributed by atoms with Crippen LogP contribution in [0.4, 0.5) is 14.5 Å². The fourth-order valence-electron chi connectivity index (χ4n) is 2.97. The van der Waals surface area contributed by atoms with E-state index >= 15 is 0 Å². The minimum absolute atomic E-state index is 0.140. The van der Waals surface area contributed by atoms with Gasteiger partial charge in [0.25, 0.3) is 5.91 Å². The molecule has 2 heterocycles. The van der Waals surface area contributed by atoms with Crippen molar-refractivity contribution in [1.82, 2.24) is 10.3 Å². The topological polar surface area (TPSA) is 54.5 Å². The Bertz CT molecular complexity index is 770. The molecule has 1 aliphatic rings. The minimum atomic E-state index is -0.960. The molecule has 1 amide bonds. The molecule has 0 spiro atoms. The average Bonchev–Trinajstić information content (AvgIpc) is 2.62. The Morgan fingerprint density at radius 1 is 1.36 bits per heavy atom. The lowest BCUT2D eigenvalue weighted by Crippen LogP contribution is -2.48. The molecule has 0 unspecified atom stereocenters. The van der Waals surface area contributed by atoms with E-state index in [1.807, 2.05) is 24.3 Å². The molecule has 2 aromatic rings. The van der Waals surface area contributed by atoms with E-state index in [0.29, 0.717) is 12.6 Å². The van der Waals surface area contributed by atoms with Crippen LogP contribution < -0.4 is 15.0 Å². The molecule has 1 aromatic carbocycles. The quantitative estimate of drug-likeness (QED) is 0.924. The number of nitrogens with zero attached hydrogens (tertiary/aromatic N) is 2. The van der Waals surface area contributed by atoms with Gasteiger partial charge in [0.1, 0.15) is 11.6 Å². The van der Waals surface area contributed by atoms with Gasteiger partial charge < -0.3 is 15.0 Å². The highest BCUT2D eigenvalue weighted by Crippen LogP contribution is 2.24. The van der Waals surface area contributed by atoms with Gasteiger partial charge in [-0.3, -0.25) is 4.79 Å². The molecule has 1 aliphatic heterocycles. The number of ether oxygens (including phenoxy) is 1. The number of piperidine rings is 1. The zero-order valence-electron chi connectivity index (χ0n) is 13.8. The van der Waals surface area contributed by atoms with Gasteiger partial charge in [-0.25, -0.2) is 13.8 Å². The molecule has 5 nitrogen and oxygen atoms in total. The Morgan fingerprint density at radius 2 is 2.20 bits per heavy atom. The summed E-state index contributed by atoms with van der Waals surface area (Å²) in [5, 5.41) is 2.79. The molecule has 3 rings (SSSR count). The number of amides is 1. The van der Waals surface area contributed by atoms with Gasteiger partial charge in [0.2, 0.25) is 0 Å². The molecule has 1 atom stereocenters. The summed E-state index contributed by atoms with van der Waals surface area (Å²) in [6.07, 6.45) is 2.51. The molecule has 1 saturated heterocycles. The Morgan fingerprint density at radius 3 is 2.96 bits per heavy atom. The Balaban J connectivity index is 1.68. The number of anilines is 1. The van der Waals surface area contributed by atoms with Crippen molar-refractivity contribution in [3.05, 3.63) is 53.9 Å². The summed E-state index contributed by atoms with van der Waals surface area (Å²) in [7, 11) is 1.61. The maximum atomic E-state index is 13.7. The molecule has 0 radical (unpaired) electrons. The fraction of sp³-hybridized carbons (Fsp3) is 0.333. The van der Waals surface area contributed by atoms with Crippen molar-refractivity contribution in [2.75, 3.05) is 25.1 Å². The standard InChI is InChI=1S/C18H19F2N3O2/c1-25-15-6-2-5-14(9-15)23-7-3-4-13(11-23)22-18(24)17-16(20)8-12(19)10-21-17/h2,5-6,8-10,13H,3-4,7,11H2,1H3,(H,22,24)/t13-/m0/s1. The lowest BCUT2D eigenvalue weighted by Gasteiger charge is -2.34. The first-order valence-electron chi connectivity index (χ1n) is 8.07. The van der Waals surface area contributed by atoms with E-state index in [1.165, 1.54) is 0 Å². The maximum absolute atomic E-state index is 13.7. The van der Waals surface area contributed by atoms with Crippen LogP contribution >= 0.6 is 0 Å². The fourth-order valence-corrected chi connectivity index (χ4v) is 2.97. The van der Waals surface area contributed by atoms with E-state index in [0.717, 1.165) is 37.0 Å². The second-order valence-electron chi connectivity index (χ2n) is 5.94. The first kappa shape index (κ1) is 17.1. The second kappa shape index (κ2) is 7.46. The number of benzene rings is 1. The smallest absolute Gasteiger partial charge is 0.273 e. The van der Waals surface area contributed by atoms with Crippen LogP contribution in [0, 0.1) is 11.6 Å². The molecule has 1 aromatic heterocycles. The van der Waals surface area contributed by atoms with Crippen LogP contribution in [0.1, 0.15) is 23.3 Å². The summed E-state index contributed by atoms with van der Waals surface area (Å²) in [5.41, 5.74) is 0.615. The van der Waals surface area contributed by atoms with Crippen LogP contribution in [-0.2, 0) is 0 Å². The number of nitrogens with one attached hydrogen (secondary N) is 1. The van der Waals surface area contributed by atoms with Gasteiger partial charge in [-0.15, -0.1) is 0 Å². The number of carbonyl (C=O) groups is 1. The van der Waals surface area contributed by atoms with Gasteiger partial charge >= 0.3 is 0 Å². The highest BCUT2D eigenvalue weighted by molar-refractivity contribution is 5.92. The summed E-state index contributed by atoms with van der Waals surface area (Å²) >= 11 is 0. The number of halogens is 2. The monoisotopic (exact) mass is 347 g/mol. The van der Waals surface area contributed by atoms with Crippen molar-refractivity contribution in [3.8, 4) is 5.75 Å². The van der Waals surface area contributed by atoms with Gasteiger partial charge in [-0.1, -0.05) is 6.07 Å². The van der Waals surface area contributed by atoms with E-state index < -0.39 is 17.5 Å². The third-order valence-electron chi connectivity index (χ3n) is 4.20. The second-order valence-corrected chi connectivity index (χ2v) is 5.94. The molecule has 132 valence electrons. The third-order valence-corrected chi connectivity index (χ3v) is 4.20. The largest absolute Gasteiger partial charge is 0.497 e. The molecule has 1 N–H and O–H groups in total. The molecule has 1 fully saturated rings. The Hall–Kier alpha value is -2.70. The first-order valence-corrected chi connectivity index (χ1v) is 8.07. The molecular formula is C18H19F2N3O2. The molecule has 7 heteroatoms. The summed E-state index contributed by atoms with van der Waals surface area (Å²) in [6, 6.07) is 8.22. The van der Waals surface area contributed by atoms with E-state index in [-0.39, 0.29) is 11.7 Å². The van der Waals surface area contributed by atoms with Crippen LogP contribution in [0.15, 0.2) is 36.5 Å². The predicted molar refractivity (Wildman–Crippen MR) is 89.8 cm³/mol. The summed E-state index contributed by atoms with van der Waals surface area (Å²) in [5.74, 6) is -1.63. The number of carbonyl (C=O) groups excluding carboxylic acids is 1. The number of aromatic nitrogens is 1. The van der Waals surface area contributed by atoms with E-state index in [4.69, 9.17) is 4.74 Å². The normalized spacial score (nSPS) is 17.2. The third kappa shape index (κ3) is 4.04.